The fourth-order valence-corrected chi connectivity index (χ4v) is 3.40. The standard InChI is InChI=1S/C15H9F3N4OS/c16-15(17,18)7-23-14-10-3-4-24-13(10)9-2-1-8(5-11(9)20-14)12-6-19-22-21-12/h1-5H,6-7H2. The van der Waals surface area contributed by atoms with Crippen LogP contribution in [0.4, 0.5) is 13.2 Å². The highest BCUT2D eigenvalue weighted by atomic mass is 32.1. The average Bonchev–Trinajstić information content (AvgIpc) is 3.22. The maximum atomic E-state index is 12.5. The summed E-state index contributed by atoms with van der Waals surface area (Å²) in [6.07, 6.45) is -4.41. The van der Waals surface area contributed by atoms with Crippen LogP contribution in [-0.2, 0) is 0 Å². The Morgan fingerprint density at radius 1 is 1.17 bits per heavy atom. The van der Waals surface area contributed by atoms with Crippen LogP contribution in [0.25, 0.3) is 21.0 Å². The molecule has 0 aliphatic carbocycles. The molecule has 9 heteroatoms. The lowest BCUT2D eigenvalue weighted by Crippen LogP contribution is -2.19. The number of nitrogens with zero attached hydrogens (tertiary/aromatic N) is 4. The van der Waals surface area contributed by atoms with E-state index in [1.54, 1.807) is 17.5 Å². The Hall–Kier alpha value is -2.55. The lowest BCUT2D eigenvalue weighted by Gasteiger charge is -2.11. The number of pyridine rings is 1. The number of fused-ring (bicyclic) bond motifs is 3. The SMILES string of the molecule is FC(F)(F)COc1nc2cc(C3=NN=NC3)ccc2c2sccc12. The van der Waals surface area contributed by atoms with Crippen molar-refractivity contribution in [3.63, 3.8) is 0 Å². The van der Waals surface area contributed by atoms with Gasteiger partial charge >= 0.3 is 6.18 Å². The number of hydrogen-bond acceptors (Lipinski definition) is 6. The third kappa shape index (κ3) is 2.71. The summed E-state index contributed by atoms with van der Waals surface area (Å²) in [7, 11) is 0. The average molecular weight is 350 g/mol. The van der Waals surface area contributed by atoms with Crippen molar-refractivity contribution in [2.24, 2.45) is 15.4 Å². The minimum Gasteiger partial charge on any atom is -0.468 e. The first-order chi connectivity index (χ1) is 11.5. The summed E-state index contributed by atoms with van der Waals surface area (Å²) in [6.45, 7) is -0.995. The van der Waals surface area contributed by atoms with Crippen molar-refractivity contribution in [1.82, 2.24) is 4.98 Å². The van der Waals surface area contributed by atoms with E-state index in [0.29, 0.717) is 23.2 Å². The van der Waals surface area contributed by atoms with Gasteiger partial charge < -0.3 is 4.74 Å². The Morgan fingerprint density at radius 2 is 2.04 bits per heavy atom. The zero-order chi connectivity index (χ0) is 16.7. The number of ether oxygens (including phenoxy) is 1. The van der Waals surface area contributed by atoms with Gasteiger partial charge in [0.1, 0.15) is 6.54 Å². The molecule has 0 N–H and O–H groups in total. The van der Waals surface area contributed by atoms with E-state index in [-0.39, 0.29) is 5.88 Å². The van der Waals surface area contributed by atoms with Crippen LogP contribution in [-0.4, -0.2) is 30.0 Å². The highest BCUT2D eigenvalue weighted by Gasteiger charge is 2.29. The fraction of sp³-hybridized carbons (Fsp3) is 0.200. The zero-order valence-corrected chi connectivity index (χ0v) is 12.9. The number of aromatic nitrogens is 1. The van der Waals surface area contributed by atoms with Gasteiger partial charge in [-0.3, -0.25) is 0 Å². The van der Waals surface area contributed by atoms with Gasteiger partial charge in [-0.05, 0) is 22.7 Å². The van der Waals surface area contributed by atoms with E-state index in [1.807, 2.05) is 12.1 Å². The van der Waals surface area contributed by atoms with Gasteiger partial charge in [0.15, 0.2) is 6.61 Å². The van der Waals surface area contributed by atoms with Crippen molar-refractivity contribution < 1.29 is 17.9 Å². The molecule has 0 saturated carbocycles. The molecule has 0 unspecified atom stereocenters. The monoisotopic (exact) mass is 350 g/mol. The fourth-order valence-electron chi connectivity index (χ4n) is 2.48. The molecule has 0 amide bonds. The molecule has 0 fully saturated rings. The molecule has 0 spiro atoms. The van der Waals surface area contributed by atoms with E-state index in [2.05, 4.69) is 20.4 Å². The van der Waals surface area contributed by atoms with Crippen LogP contribution in [0.3, 0.4) is 0 Å². The maximum absolute atomic E-state index is 12.5. The first-order valence-electron chi connectivity index (χ1n) is 6.95. The van der Waals surface area contributed by atoms with Crippen molar-refractivity contribution in [3.8, 4) is 5.88 Å². The summed E-state index contributed by atoms with van der Waals surface area (Å²) in [5, 5.41) is 14.5. The summed E-state index contributed by atoms with van der Waals surface area (Å²) in [5.41, 5.74) is 2.04. The first-order valence-corrected chi connectivity index (χ1v) is 7.83. The first kappa shape index (κ1) is 15.0. The molecule has 4 rings (SSSR count). The summed E-state index contributed by atoms with van der Waals surface area (Å²) in [6, 6.07) is 7.24. The van der Waals surface area contributed by atoms with Crippen molar-refractivity contribution in [2.45, 2.75) is 6.18 Å². The van der Waals surface area contributed by atoms with Crippen LogP contribution in [0.15, 0.2) is 45.1 Å². The molecule has 24 heavy (non-hydrogen) atoms. The van der Waals surface area contributed by atoms with E-state index in [0.717, 1.165) is 15.6 Å². The minimum atomic E-state index is -4.41. The second-order valence-corrected chi connectivity index (χ2v) is 6.07. The van der Waals surface area contributed by atoms with Crippen molar-refractivity contribution in [1.29, 1.82) is 0 Å². The molecule has 3 aromatic rings. The predicted octanol–water partition coefficient (Wildman–Crippen LogP) is 4.56. The Morgan fingerprint density at radius 3 is 2.79 bits per heavy atom. The third-order valence-corrected chi connectivity index (χ3v) is 4.46. The smallest absolute Gasteiger partial charge is 0.422 e. The zero-order valence-electron chi connectivity index (χ0n) is 12.0. The lowest BCUT2D eigenvalue weighted by molar-refractivity contribution is -0.153. The molecule has 122 valence electrons. The van der Waals surface area contributed by atoms with Crippen LogP contribution in [0.2, 0.25) is 0 Å². The maximum Gasteiger partial charge on any atom is 0.422 e. The predicted molar refractivity (Wildman–Crippen MR) is 84.9 cm³/mol. The number of alkyl halides is 3. The molecule has 1 aliphatic rings. The number of benzene rings is 1. The summed E-state index contributed by atoms with van der Waals surface area (Å²) >= 11 is 1.43. The van der Waals surface area contributed by atoms with Gasteiger partial charge in [-0.2, -0.15) is 18.3 Å². The lowest BCUT2D eigenvalue weighted by atomic mass is 10.1. The van der Waals surface area contributed by atoms with Crippen LogP contribution in [0.5, 0.6) is 5.88 Å². The molecular weight excluding hydrogens is 341 g/mol. The van der Waals surface area contributed by atoms with Gasteiger partial charge in [-0.25, -0.2) is 4.98 Å². The van der Waals surface area contributed by atoms with Gasteiger partial charge in [0.2, 0.25) is 5.88 Å². The second kappa shape index (κ2) is 5.52. The normalized spacial score (nSPS) is 14.5. The van der Waals surface area contributed by atoms with Crippen LogP contribution in [0, 0.1) is 0 Å². The molecule has 1 aromatic carbocycles. The topological polar surface area (TPSA) is 59.2 Å². The molecular formula is C15H9F3N4OS. The van der Waals surface area contributed by atoms with Crippen molar-refractivity contribution in [3.05, 3.63) is 35.2 Å². The van der Waals surface area contributed by atoms with E-state index in [4.69, 9.17) is 4.74 Å². The van der Waals surface area contributed by atoms with Crippen LogP contribution >= 0.6 is 11.3 Å². The van der Waals surface area contributed by atoms with E-state index < -0.39 is 12.8 Å². The van der Waals surface area contributed by atoms with Crippen molar-refractivity contribution in [2.75, 3.05) is 13.2 Å². The van der Waals surface area contributed by atoms with Crippen LogP contribution in [0.1, 0.15) is 5.56 Å². The van der Waals surface area contributed by atoms with Gasteiger partial charge in [0.05, 0.1) is 16.6 Å². The highest BCUT2D eigenvalue weighted by molar-refractivity contribution is 7.18. The van der Waals surface area contributed by atoms with E-state index >= 15 is 0 Å². The third-order valence-electron chi connectivity index (χ3n) is 3.51. The molecule has 0 bridgehead atoms. The second-order valence-electron chi connectivity index (χ2n) is 5.15. The Kier molecular flexibility index (Phi) is 3.45. The molecule has 5 nitrogen and oxygen atoms in total. The number of halogens is 3. The molecule has 0 radical (unpaired) electrons. The number of rotatable bonds is 3. The summed E-state index contributed by atoms with van der Waals surface area (Å²) in [5.74, 6) is -0.0176. The van der Waals surface area contributed by atoms with Gasteiger partial charge in [-0.15, -0.1) is 16.4 Å². The Labute approximate surface area is 137 Å². The molecule has 0 saturated heterocycles. The van der Waals surface area contributed by atoms with E-state index in [1.165, 1.54) is 11.3 Å². The molecule has 1 aliphatic heterocycles. The Balaban J connectivity index is 1.83. The van der Waals surface area contributed by atoms with E-state index in [9.17, 15) is 13.2 Å². The largest absolute Gasteiger partial charge is 0.468 e. The van der Waals surface area contributed by atoms with Gasteiger partial charge in [0, 0.05) is 15.6 Å². The Bertz CT molecular complexity index is 993. The van der Waals surface area contributed by atoms with Gasteiger partial charge in [0.25, 0.3) is 0 Å². The molecule has 0 atom stereocenters. The summed E-state index contributed by atoms with van der Waals surface area (Å²) < 4.78 is 43.1. The molecule has 3 heterocycles. The quantitative estimate of drug-likeness (QED) is 0.695. The number of hydrogen-bond donors (Lipinski definition) is 0. The summed E-state index contributed by atoms with van der Waals surface area (Å²) in [4.78, 5) is 4.28. The minimum absolute atomic E-state index is 0.0176. The van der Waals surface area contributed by atoms with Crippen LogP contribution < -0.4 is 4.74 Å². The van der Waals surface area contributed by atoms with Gasteiger partial charge in [-0.1, -0.05) is 12.1 Å². The highest BCUT2D eigenvalue weighted by Crippen LogP contribution is 2.35. The van der Waals surface area contributed by atoms with Crippen molar-refractivity contribution >= 4 is 38.0 Å². The molecule has 2 aromatic heterocycles. The number of thiophene rings is 1.